The van der Waals surface area contributed by atoms with Crippen LogP contribution in [0.1, 0.15) is 50.0 Å². The Morgan fingerprint density at radius 1 is 1.44 bits per heavy atom. The molecule has 7 heteroatoms. The predicted molar refractivity (Wildman–Crippen MR) is 92.9 cm³/mol. The van der Waals surface area contributed by atoms with Gasteiger partial charge in [0.1, 0.15) is 0 Å². The van der Waals surface area contributed by atoms with Crippen LogP contribution in [-0.2, 0) is 6.54 Å². The number of nitrogens with zero attached hydrogens (tertiary/aromatic N) is 4. The van der Waals surface area contributed by atoms with Gasteiger partial charge in [0.05, 0.1) is 18.3 Å². The van der Waals surface area contributed by atoms with E-state index in [1.165, 1.54) is 12.8 Å². The Bertz CT molecular complexity index is 651. The first kappa shape index (κ1) is 17.0. The Labute approximate surface area is 148 Å². The quantitative estimate of drug-likeness (QED) is 0.827. The van der Waals surface area contributed by atoms with E-state index in [9.17, 15) is 9.90 Å². The maximum Gasteiger partial charge on any atom is 0.273 e. The van der Waals surface area contributed by atoms with Crippen LogP contribution in [0.25, 0.3) is 0 Å². The molecule has 0 aromatic carbocycles. The monoisotopic (exact) mass is 347 g/mol. The molecule has 0 radical (unpaired) electrons. The number of carbonyl (C=O) groups is 1. The van der Waals surface area contributed by atoms with E-state index in [-0.39, 0.29) is 17.4 Å². The van der Waals surface area contributed by atoms with Crippen LogP contribution < -0.4 is 5.32 Å². The average molecular weight is 347 g/mol. The fraction of sp³-hybridized carbons (Fsp3) is 0.833. The lowest BCUT2D eigenvalue weighted by atomic mass is 9.66. The third kappa shape index (κ3) is 3.08. The minimum absolute atomic E-state index is 0.129. The van der Waals surface area contributed by atoms with Crippen LogP contribution in [0.2, 0.25) is 0 Å². The number of carbonyl (C=O) groups excluding carboxylic acids is 1. The van der Waals surface area contributed by atoms with Crippen LogP contribution >= 0.6 is 0 Å². The number of aromatic nitrogens is 3. The first-order chi connectivity index (χ1) is 11.9. The van der Waals surface area contributed by atoms with Crippen LogP contribution in [0.15, 0.2) is 6.20 Å². The fourth-order valence-corrected chi connectivity index (χ4v) is 5.29. The number of hydrogen-bond acceptors (Lipinski definition) is 5. The van der Waals surface area contributed by atoms with Crippen LogP contribution in [-0.4, -0.2) is 62.7 Å². The molecular weight excluding hydrogens is 318 g/mol. The summed E-state index contributed by atoms with van der Waals surface area (Å²) < 4.78 is 1.76. The summed E-state index contributed by atoms with van der Waals surface area (Å²) in [5.74, 6) is 1.01. The summed E-state index contributed by atoms with van der Waals surface area (Å²) in [6.07, 6.45) is 5.31. The second-order valence-electron chi connectivity index (χ2n) is 8.79. The second-order valence-corrected chi connectivity index (χ2v) is 8.79. The van der Waals surface area contributed by atoms with Crippen molar-refractivity contribution in [1.29, 1.82) is 0 Å². The van der Waals surface area contributed by atoms with Crippen molar-refractivity contribution in [3.8, 4) is 0 Å². The van der Waals surface area contributed by atoms with Crippen molar-refractivity contribution in [2.45, 2.75) is 64.3 Å². The standard InChI is InChI=1S/C18H29N5O2/c1-11(2)16-18(10-22(16)3)6-13(15(24)7-18)19-17(25)14-9-23(21-20-14)8-12-4-5-12/h9,11-13,15-16,24H,4-8,10H2,1-3H3,(H,19,25)/t13-,15-,16?,18?/m1/s1. The third-order valence-electron chi connectivity index (χ3n) is 6.23. The number of aliphatic hydroxyl groups excluding tert-OH is 1. The number of nitrogens with one attached hydrogen (secondary N) is 1. The molecule has 4 atom stereocenters. The molecule has 1 amide bonds. The molecule has 7 nitrogen and oxygen atoms in total. The van der Waals surface area contributed by atoms with Gasteiger partial charge in [-0.15, -0.1) is 5.10 Å². The van der Waals surface area contributed by atoms with Gasteiger partial charge in [-0.1, -0.05) is 19.1 Å². The lowest BCUT2D eigenvalue weighted by molar-refractivity contribution is -0.0827. The number of amides is 1. The number of hydrogen-bond donors (Lipinski definition) is 2. The van der Waals surface area contributed by atoms with Crippen molar-refractivity contribution in [3.05, 3.63) is 11.9 Å². The molecular formula is C18H29N5O2. The Balaban J connectivity index is 1.39. The SMILES string of the molecule is CC(C)C1N(C)CC12C[C@@H](O)[C@H](NC(=O)c1cn(CC3CC3)nn1)C2. The largest absolute Gasteiger partial charge is 0.391 e. The minimum atomic E-state index is -0.486. The Kier molecular flexibility index (Phi) is 4.11. The van der Waals surface area contributed by atoms with Crippen LogP contribution in [0.3, 0.4) is 0 Å². The van der Waals surface area contributed by atoms with E-state index in [0.717, 1.165) is 25.9 Å². The summed E-state index contributed by atoms with van der Waals surface area (Å²) in [4.78, 5) is 14.9. The van der Waals surface area contributed by atoms with Gasteiger partial charge in [-0.3, -0.25) is 9.48 Å². The molecule has 2 saturated carbocycles. The molecule has 25 heavy (non-hydrogen) atoms. The molecule has 1 saturated heterocycles. The molecule has 1 aromatic heterocycles. The van der Waals surface area contributed by atoms with Crippen LogP contribution in [0.4, 0.5) is 0 Å². The number of likely N-dealkylation sites (tertiary alicyclic amines) is 1. The Morgan fingerprint density at radius 3 is 2.84 bits per heavy atom. The molecule has 2 N–H and O–H groups in total. The predicted octanol–water partition coefficient (Wildman–Crippen LogP) is 0.898. The topological polar surface area (TPSA) is 83.3 Å². The molecule has 3 aliphatic rings. The molecule has 1 aromatic rings. The van der Waals surface area contributed by atoms with Crippen molar-refractivity contribution in [2.75, 3.05) is 13.6 Å². The van der Waals surface area contributed by atoms with Gasteiger partial charge >= 0.3 is 0 Å². The molecule has 2 heterocycles. The van der Waals surface area contributed by atoms with E-state index in [4.69, 9.17) is 0 Å². The lowest BCUT2D eigenvalue weighted by Gasteiger charge is -2.57. The van der Waals surface area contributed by atoms with Gasteiger partial charge in [-0.2, -0.15) is 0 Å². The van der Waals surface area contributed by atoms with Crippen molar-refractivity contribution >= 4 is 5.91 Å². The average Bonchev–Trinajstić information content (AvgIpc) is 3.08. The zero-order valence-electron chi connectivity index (χ0n) is 15.4. The highest BCUT2D eigenvalue weighted by Gasteiger charge is 2.58. The van der Waals surface area contributed by atoms with Gasteiger partial charge in [0.25, 0.3) is 5.91 Å². The van der Waals surface area contributed by atoms with Crippen molar-refractivity contribution in [2.24, 2.45) is 17.3 Å². The summed E-state index contributed by atoms with van der Waals surface area (Å²) in [7, 11) is 2.15. The Morgan fingerprint density at radius 2 is 2.20 bits per heavy atom. The molecule has 138 valence electrons. The van der Waals surface area contributed by atoms with Crippen LogP contribution in [0, 0.1) is 17.3 Å². The molecule has 2 aliphatic carbocycles. The number of aliphatic hydroxyl groups is 1. The molecule has 3 fully saturated rings. The van der Waals surface area contributed by atoms with Crippen LogP contribution in [0.5, 0.6) is 0 Å². The summed E-state index contributed by atoms with van der Waals surface area (Å²) in [6, 6.07) is 0.277. The van der Waals surface area contributed by atoms with Crippen molar-refractivity contribution in [3.63, 3.8) is 0 Å². The Hall–Kier alpha value is -1.47. The van der Waals surface area contributed by atoms with Crippen molar-refractivity contribution in [1.82, 2.24) is 25.2 Å². The zero-order valence-corrected chi connectivity index (χ0v) is 15.4. The number of rotatable bonds is 5. The molecule has 1 aliphatic heterocycles. The zero-order chi connectivity index (χ0) is 17.8. The minimum Gasteiger partial charge on any atom is -0.391 e. The molecule has 1 spiro atoms. The van der Waals surface area contributed by atoms with Gasteiger partial charge in [-0.25, -0.2) is 0 Å². The first-order valence-corrected chi connectivity index (χ1v) is 9.47. The third-order valence-corrected chi connectivity index (χ3v) is 6.23. The van der Waals surface area contributed by atoms with E-state index in [1.807, 2.05) is 0 Å². The highest BCUT2D eigenvalue weighted by atomic mass is 16.3. The van der Waals surface area contributed by atoms with E-state index in [0.29, 0.717) is 23.6 Å². The van der Waals surface area contributed by atoms with Gasteiger partial charge < -0.3 is 15.3 Å². The van der Waals surface area contributed by atoms with Gasteiger partial charge in [0.2, 0.25) is 0 Å². The van der Waals surface area contributed by atoms with E-state index in [1.54, 1.807) is 10.9 Å². The van der Waals surface area contributed by atoms with Crippen molar-refractivity contribution < 1.29 is 9.90 Å². The summed E-state index contributed by atoms with van der Waals surface area (Å²) >= 11 is 0. The highest BCUT2D eigenvalue weighted by molar-refractivity contribution is 5.92. The smallest absolute Gasteiger partial charge is 0.273 e. The summed E-state index contributed by atoms with van der Waals surface area (Å²) in [5, 5.41) is 21.6. The van der Waals surface area contributed by atoms with Gasteiger partial charge in [-0.05, 0) is 44.6 Å². The highest BCUT2D eigenvalue weighted by Crippen LogP contribution is 2.52. The fourth-order valence-electron chi connectivity index (χ4n) is 5.29. The normalized spacial score (nSPS) is 35.3. The van der Waals surface area contributed by atoms with E-state index >= 15 is 0 Å². The molecule has 2 unspecified atom stereocenters. The maximum absolute atomic E-state index is 12.5. The first-order valence-electron chi connectivity index (χ1n) is 9.47. The van der Waals surface area contributed by atoms with Gasteiger partial charge in [0.15, 0.2) is 5.69 Å². The van der Waals surface area contributed by atoms with E-state index in [2.05, 4.69) is 41.4 Å². The lowest BCUT2D eigenvalue weighted by Crippen LogP contribution is -2.64. The maximum atomic E-state index is 12.5. The second kappa shape index (κ2) is 6.06. The van der Waals surface area contributed by atoms with Gasteiger partial charge in [0, 0.05) is 24.5 Å². The summed E-state index contributed by atoms with van der Waals surface area (Å²) in [5.41, 5.74) is 0.476. The molecule has 0 bridgehead atoms. The van der Waals surface area contributed by atoms with E-state index < -0.39 is 6.10 Å². The molecule has 4 rings (SSSR count). The summed E-state index contributed by atoms with van der Waals surface area (Å²) in [6.45, 7) is 6.31.